The first-order chi connectivity index (χ1) is 5.97. The van der Waals surface area contributed by atoms with Gasteiger partial charge in [0.15, 0.2) is 0 Å². The fraction of sp³-hybridized carbons (Fsp3) is 0.917. The van der Waals surface area contributed by atoms with E-state index in [0.29, 0.717) is 5.41 Å². The van der Waals surface area contributed by atoms with E-state index < -0.39 is 0 Å². The molecule has 74 valence electrons. The molecule has 0 N–H and O–H groups in total. The van der Waals surface area contributed by atoms with Crippen LogP contribution in [-0.4, -0.2) is 0 Å². The molecule has 0 aliphatic heterocycles. The predicted molar refractivity (Wildman–Crippen MR) is 55.2 cm³/mol. The van der Waals surface area contributed by atoms with Crippen LogP contribution in [0.3, 0.4) is 0 Å². The van der Waals surface area contributed by atoms with Crippen molar-refractivity contribution in [1.29, 1.82) is 5.26 Å². The van der Waals surface area contributed by atoms with Gasteiger partial charge in [-0.3, -0.25) is 0 Å². The van der Waals surface area contributed by atoms with Crippen LogP contribution < -0.4 is 0 Å². The summed E-state index contributed by atoms with van der Waals surface area (Å²) in [4.78, 5) is 0. The molecule has 1 aliphatic carbocycles. The van der Waals surface area contributed by atoms with E-state index in [1.54, 1.807) is 0 Å². The van der Waals surface area contributed by atoms with Crippen LogP contribution in [0.4, 0.5) is 0 Å². The third-order valence-electron chi connectivity index (χ3n) is 3.15. The van der Waals surface area contributed by atoms with Gasteiger partial charge < -0.3 is 0 Å². The van der Waals surface area contributed by atoms with Gasteiger partial charge in [-0.15, -0.1) is 0 Å². The van der Waals surface area contributed by atoms with Gasteiger partial charge in [0.2, 0.25) is 0 Å². The molecule has 1 rings (SSSR count). The average molecular weight is 179 g/mol. The second kappa shape index (κ2) is 3.70. The Kier molecular flexibility index (Phi) is 3.01. The Balaban J connectivity index is 2.46. The summed E-state index contributed by atoms with van der Waals surface area (Å²) in [5.74, 6) is 0. The lowest BCUT2D eigenvalue weighted by atomic mass is 9.77. The van der Waals surface area contributed by atoms with Crippen LogP contribution in [0.15, 0.2) is 0 Å². The highest BCUT2D eigenvalue weighted by Gasteiger charge is 2.34. The molecule has 13 heavy (non-hydrogen) atoms. The number of nitrogens with zero attached hydrogens (tertiary/aromatic N) is 1. The summed E-state index contributed by atoms with van der Waals surface area (Å²) in [5, 5.41) is 9.16. The summed E-state index contributed by atoms with van der Waals surface area (Å²) in [6.45, 7) is 6.77. The van der Waals surface area contributed by atoms with Crippen LogP contribution in [0.1, 0.15) is 59.3 Å². The Morgan fingerprint density at radius 3 is 2.15 bits per heavy atom. The number of nitriles is 1. The Hall–Kier alpha value is -0.510. The first-order valence-electron chi connectivity index (χ1n) is 5.39. The molecule has 1 heteroatoms. The van der Waals surface area contributed by atoms with Crippen LogP contribution >= 0.6 is 0 Å². The molecule has 0 bridgehead atoms. The van der Waals surface area contributed by atoms with Gasteiger partial charge in [-0.2, -0.15) is 5.26 Å². The first-order valence-corrected chi connectivity index (χ1v) is 5.39. The average Bonchev–Trinajstić information content (AvgIpc) is 2.49. The van der Waals surface area contributed by atoms with E-state index >= 15 is 0 Å². The molecule has 1 nitrogen and oxygen atoms in total. The largest absolute Gasteiger partial charge is 0.198 e. The summed E-state index contributed by atoms with van der Waals surface area (Å²) in [5.41, 5.74) is 0.430. The van der Waals surface area contributed by atoms with Crippen molar-refractivity contribution in [2.45, 2.75) is 59.3 Å². The highest BCUT2D eigenvalue weighted by atomic mass is 14.4. The molecule has 1 saturated carbocycles. The normalized spacial score (nSPS) is 21.4. The third kappa shape index (κ3) is 3.03. The maximum Gasteiger partial charge on any atom is 0.0689 e. The van der Waals surface area contributed by atoms with E-state index in [2.05, 4.69) is 26.8 Å². The van der Waals surface area contributed by atoms with Crippen LogP contribution in [0.25, 0.3) is 0 Å². The minimum Gasteiger partial charge on any atom is -0.198 e. The van der Waals surface area contributed by atoms with E-state index in [1.807, 2.05) is 0 Å². The van der Waals surface area contributed by atoms with Crippen molar-refractivity contribution < 1.29 is 0 Å². The molecule has 0 aromatic heterocycles. The van der Waals surface area contributed by atoms with Crippen LogP contribution in [0.5, 0.6) is 0 Å². The van der Waals surface area contributed by atoms with Crippen molar-refractivity contribution in [2.24, 2.45) is 10.8 Å². The summed E-state index contributed by atoms with van der Waals surface area (Å²) in [6.07, 6.45) is 7.09. The lowest BCUT2D eigenvalue weighted by Crippen LogP contribution is -2.17. The summed E-state index contributed by atoms with van der Waals surface area (Å²) < 4.78 is 0. The third-order valence-corrected chi connectivity index (χ3v) is 3.15. The number of hydrogen-bond acceptors (Lipinski definition) is 1. The van der Waals surface area contributed by atoms with Crippen molar-refractivity contribution in [3.8, 4) is 6.07 Å². The van der Waals surface area contributed by atoms with Gasteiger partial charge in [0.1, 0.15) is 0 Å². The fourth-order valence-corrected chi connectivity index (χ4v) is 2.08. The maximum absolute atomic E-state index is 9.16. The fourth-order valence-electron chi connectivity index (χ4n) is 2.08. The van der Waals surface area contributed by atoms with Crippen molar-refractivity contribution in [3.05, 3.63) is 0 Å². The molecule has 0 amide bonds. The molecule has 0 heterocycles. The lowest BCUT2D eigenvalue weighted by Gasteiger charge is -2.25. The Bertz CT molecular complexity index is 198. The zero-order valence-corrected chi connectivity index (χ0v) is 9.19. The van der Waals surface area contributed by atoms with Crippen LogP contribution in [0.2, 0.25) is 0 Å². The molecule has 0 unspecified atom stereocenters. The van der Waals surface area contributed by atoms with E-state index in [9.17, 15) is 0 Å². The van der Waals surface area contributed by atoms with E-state index in [-0.39, 0.29) is 5.41 Å². The molecule has 0 aromatic rings. The number of rotatable bonds is 2. The second-order valence-corrected chi connectivity index (χ2v) is 5.66. The summed E-state index contributed by atoms with van der Waals surface area (Å²) in [7, 11) is 0. The monoisotopic (exact) mass is 179 g/mol. The quantitative estimate of drug-likeness (QED) is 0.630. The van der Waals surface area contributed by atoms with E-state index in [0.717, 1.165) is 19.3 Å². The minimum absolute atomic E-state index is 0.0489. The Morgan fingerprint density at radius 2 is 1.77 bits per heavy atom. The van der Waals surface area contributed by atoms with Gasteiger partial charge in [-0.05, 0) is 31.1 Å². The Labute approximate surface area is 82.1 Å². The smallest absolute Gasteiger partial charge is 0.0689 e. The van der Waals surface area contributed by atoms with Crippen molar-refractivity contribution in [1.82, 2.24) is 0 Å². The second-order valence-electron chi connectivity index (χ2n) is 5.66. The van der Waals surface area contributed by atoms with Gasteiger partial charge >= 0.3 is 0 Å². The van der Waals surface area contributed by atoms with Crippen molar-refractivity contribution >= 4 is 0 Å². The maximum atomic E-state index is 9.16. The molecule has 1 aliphatic rings. The molecule has 0 aromatic carbocycles. The first kappa shape index (κ1) is 10.6. The molecule has 0 spiro atoms. The highest BCUT2D eigenvalue weighted by molar-refractivity contribution is 5.02. The summed E-state index contributed by atoms with van der Waals surface area (Å²) >= 11 is 0. The molecule has 1 fully saturated rings. The van der Waals surface area contributed by atoms with E-state index in [4.69, 9.17) is 5.26 Å². The van der Waals surface area contributed by atoms with Gasteiger partial charge in [0.25, 0.3) is 0 Å². The van der Waals surface area contributed by atoms with Crippen LogP contribution in [-0.2, 0) is 0 Å². The van der Waals surface area contributed by atoms with Crippen LogP contribution in [0, 0.1) is 22.2 Å². The molecular weight excluding hydrogens is 158 g/mol. The minimum atomic E-state index is 0.0489. The zero-order valence-electron chi connectivity index (χ0n) is 9.19. The standard InChI is InChI=1S/C12H21N/c1-11(2,3)8-9-12(10-13)6-4-5-7-12/h4-9H2,1-3H3. The molecule has 0 saturated heterocycles. The highest BCUT2D eigenvalue weighted by Crippen LogP contribution is 2.43. The Morgan fingerprint density at radius 1 is 1.23 bits per heavy atom. The van der Waals surface area contributed by atoms with Crippen molar-refractivity contribution in [2.75, 3.05) is 0 Å². The van der Waals surface area contributed by atoms with Gasteiger partial charge in [-0.25, -0.2) is 0 Å². The van der Waals surface area contributed by atoms with Gasteiger partial charge in [-0.1, -0.05) is 33.6 Å². The summed E-state index contributed by atoms with van der Waals surface area (Å²) in [6, 6.07) is 2.55. The molecular formula is C12H21N. The van der Waals surface area contributed by atoms with Gasteiger partial charge in [0.05, 0.1) is 11.5 Å². The SMILES string of the molecule is CC(C)(C)CCC1(C#N)CCCC1. The zero-order chi connectivity index (χ0) is 9.95. The molecule has 0 radical (unpaired) electrons. The predicted octanol–water partition coefficient (Wildman–Crippen LogP) is 3.90. The van der Waals surface area contributed by atoms with E-state index in [1.165, 1.54) is 19.3 Å². The van der Waals surface area contributed by atoms with Gasteiger partial charge in [0, 0.05) is 0 Å². The number of hydrogen-bond donors (Lipinski definition) is 0. The molecule has 0 atom stereocenters. The topological polar surface area (TPSA) is 23.8 Å². The lowest BCUT2D eigenvalue weighted by molar-refractivity contribution is 0.277. The van der Waals surface area contributed by atoms with Crippen molar-refractivity contribution in [3.63, 3.8) is 0 Å².